The number of hydrogen-bond donors (Lipinski definition) is 1. The van der Waals surface area contributed by atoms with E-state index in [0.717, 1.165) is 5.69 Å². The second-order valence-electron chi connectivity index (χ2n) is 6.81. The molecule has 1 N–H and O–H groups in total. The minimum Gasteiger partial charge on any atom is -0.485 e. The van der Waals surface area contributed by atoms with Crippen LogP contribution in [0.2, 0.25) is 5.02 Å². The highest BCUT2D eigenvalue weighted by Gasteiger charge is 2.44. The number of benzene rings is 2. The fourth-order valence-electron chi connectivity index (χ4n) is 3.07. The molecule has 4 rings (SSSR count). The third-order valence-corrected chi connectivity index (χ3v) is 4.72. The van der Waals surface area contributed by atoms with Crippen LogP contribution in [0.1, 0.15) is 25.5 Å². The Labute approximate surface area is 156 Å². The van der Waals surface area contributed by atoms with Gasteiger partial charge >= 0.3 is 0 Å². The molecule has 0 saturated heterocycles. The van der Waals surface area contributed by atoms with Crippen molar-refractivity contribution in [1.82, 2.24) is 9.78 Å². The van der Waals surface area contributed by atoms with Gasteiger partial charge < -0.3 is 14.6 Å². The van der Waals surface area contributed by atoms with E-state index in [1.54, 1.807) is 28.9 Å². The zero-order valence-electron chi connectivity index (χ0n) is 14.5. The lowest BCUT2D eigenvalue weighted by atomic mass is 9.88. The largest absolute Gasteiger partial charge is 0.485 e. The van der Waals surface area contributed by atoms with Crippen LogP contribution < -0.4 is 9.47 Å². The lowest BCUT2D eigenvalue weighted by Gasteiger charge is -2.41. The number of halogens is 1. The summed E-state index contributed by atoms with van der Waals surface area (Å²) in [7, 11) is 0. The molecule has 2 aromatic carbocycles. The third kappa shape index (κ3) is 3.04. The Balaban J connectivity index is 1.67. The van der Waals surface area contributed by atoms with E-state index < -0.39 is 17.8 Å². The molecule has 0 unspecified atom stereocenters. The molecule has 0 amide bonds. The quantitative estimate of drug-likeness (QED) is 0.751. The van der Waals surface area contributed by atoms with E-state index in [9.17, 15) is 5.11 Å². The number of aliphatic hydroxyl groups is 1. The summed E-state index contributed by atoms with van der Waals surface area (Å²) in [5.41, 5.74) is 0.838. The molecule has 2 heterocycles. The van der Waals surface area contributed by atoms with Gasteiger partial charge in [0.25, 0.3) is 0 Å². The number of fused-ring (bicyclic) bond motifs is 1. The van der Waals surface area contributed by atoms with Gasteiger partial charge in [0.1, 0.15) is 17.5 Å². The molecule has 0 aliphatic carbocycles. The van der Waals surface area contributed by atoms with Crippen molar-refractivity contribution in [3.05, 3.63) is 71.4 Å². The summed E-state index contributed by atoms with van der Waals surface area (Å²) in [5.74, 6) is 1.07. The van der Waals surface area contributed by atoms with Gasteiger partial charge in [0.2, 0.25) is 5.88 Å². The Morgan fingerprint density at radius 1 is 1.15 bits per heavy atom. The average molecular weight is 371 g/mol. The summed E-state index contributed by atoms with van der Waals surface area (Å²) in [6, 6.07) is 16.8. The van der Waals surface area contributed by atoms with Crippen LogP contribution in [0.4, 0.5) is 0 Å². The monoisotopic (exact) mass is 370 g/mol. The maximum absolute atomic E-state index is 10.8. The van der Waals surface area contributed by atoms with Gasteiger partial charge in [-0.15, -0.1) is 5.10 Å². The molecule has 0 bridgehead atoms. The van der Waals surface area contributed by atoms with Crippen LogP contribution >= 0.6 is 11.6 Å². The molecule has 1 aliphatic rings. The smallest absolute Gasteiger partial charge is 0.233 e. The molecule has 0 fully saturated rings. The van der Waals surface area contributed by atoms with Gasteiger partial charge in [-0.05, 0) is 44.2 Å². The van der Waals surface area contributed by atoms with Crippen molar-refractivity contribution >= 4 is 11.6 Å². The molecule has 2 atom stereocenters. The average Bonchev–Trinajstić information content (AvgIpc) is 3.09. The van der Waals surface area contributed by atoms with Crippen molar-refractivity contribution < 1.29 is 14.6 Å². The van der Waals surface area contributed by atoms with Gasteiger partial charge in [-0.3, -0.25) is 0 Å². The van der Waals surface area contributed by atoms with Crippen molar-refractivity contribution in [3.8, 4) is 17.3 Å². The number of para-hydroxylation sites is 1. The lowest BCUT2D eigenvalue weighted by Crippen LogP contribution is -2.50. The third-order valence-electron chi connectivity index (χ3n) is 4.48. The molecule has 134 valence electrons. The standard InChI is InChI=1S/C20H19ClN2O3/c1-20(2)19(24)18(15-12-13(21)8-9-16(15)26-20)25-17-10-11-23(22-17)14-6-4-3-5-7-14/h3-12,18-19,24H,1-2H3/t18-,19+/m1/s1. The highest BCUT2D eigenvalue weighted by atomic mass is 35.5. The van der Waals surface area contributed by atoms with Crippen LogP contribution in [-0.2, 0) is 0 Å². The SMILES string of the molecule is CC1(C)Oc2ccc(Cl)cc2[C@@H](Oc2ccn(-c3ccccc3)n2)[C@@H]1O. The maximum Gasteiger partial charge on any atom is 0.233 e. The second-order valence-corrected chi connectivity index (χ2v) is 7.24. The van der Waals surface area contributed by atoms with Crippen LogP contribution in [0.5, 0.6) is 11.6 Å². The van der Waals surface area contributed by atoms with E-state index in [-0.39, 0.29) is 0 Å². The first-order valence-corrected chi connectivity index (χ1v) is 8.76. The highest BCUT2D eigenvalue weighted by Crippen LogP contribution is 2.42. The van der Waals surface area contributed by atoms with E-state index >= 15 is 0 Å². The fourth-order valence-corrected chi connectivity index (χ4v) is 3.25. The van der Waals surface area contributed by atoms with Crippen molar-refractivity contribution in [2.24, 2.45) is 0 Å². The number of rotatable bonds is 3. The molecule has 0 saturated carbocycles. The van der Waals surface area contributed by atoms with Crippen molar-refractivity contribution in [2.45, 2.75) is 31.7 Å². The molecular formula is C20H19ClN2O3. The molecule has 0 spiro atoms. The molecule has 3 aromatic rings. The summed E-state index contributed by atoms with van der Waals surface area (Å²) < 4.78 is 13.7. The van der Waals surface area contributed by atoms with Gasteiger partial charge in [-0.2, -0.15) is 0 Å². The van der Waals surface area contributed by atoms with E-state index in [0.29, 0.717) is 22.2 Å². The van der Waals surface area contributed by atoms with Crippen LogP contribution in [-0.4, -0.2) is 26.6 Å². The summed E-state index contributed by atoms with van der Waals surface area (Å²) in [4.78, 5) is 0. The number of aliphatic hydroxyl groups excluding tert-OH is 1. The first-order chi connectivity index (χ1) is 12.4. The van der Waals surface area contributed by atoms with Gasteiger partial charge in [0, 0.05) is 22.8 Å². The summed E-state index contributed by atoms with van der Waals surface area (Å²) in [5, 5.41) is 15.8. The topological polar surface area (TPSA) is 56.5 Å². The van der Waals surface area contributed by atoms with Crippen molar-refractivity contribution in [3.63, 3.8) is 0 Å². The minimum absolute atomic E-state index is 0.418. The summed E-state index contributed by atoms with van der Waals surface area (Å²) >= 11 is 6.14. The summed E-state index contributed by atoms with van der Waals surface area (Å²) in [6.45, 7) is 3.66. The first-order valence-electron chi connectivity index (χ1n) is 8.38. The van der Waals surface area contributed by atoms with Gasteiger partial charge in [-0.25, -0.2) is 4.68 Å². The van der Waals surface area contributed by atoms with Crippen molar-refractivity contribution in [2.75, 3.05) is 0 Å². The normalized spacial score (nSPS) is 20.9. The second kappa shape index (κ2) is 6.34. The molecule has 5 nitrogen and oxygen atoms in total. The zero-order chi connectivity index (χ0) is 18.3. The zero-order valence-corrected chi connectivity index (χ0v) is 15.2. The highest BCUT2D eigenvalue weighted by molar-refractivity contribution is 6.30. The van der Waals surface area contributed by atoms with Crippen LogP contribution in [0.25, 0.3) is 5.69 Å². The number of aromatic nitrogens is 2. The Morgan fingerprint density at radius 3 is 2.69 bits per heavy atom. The lowest BCUT2D eigenvalue weighted by molar-refractivity contribution is -0.104. The van der Waals surface area contributed by atoms with Crippen LogP contribution in [0, 0.1) is 0 Å². The Morgan fingerprint density at radius 2 is 1.92 bits per heavy atom. The predicted molar refractivity (Wildman–Crippen MR) is 99.1 cm³/mol. The van der Waals surface area contributed by atoms with Crippen LogP contribution in [0.3, 0.4) is 0 Å². The number of nitrogens with zero attached hydrogens (tertiary/aromatic N) is 2. The molecule has 1 aliphatic heterocycles. The van der Waals surface area contributed by atoms with Gasteiger partial charge in [0.05, 0.1) is 5.69 Å². The molecular weight excluding hydrogens is 352 g/mol. The Bertz CT molecular complexity index is 924. The van der Waals surface area contributed by atoms with Gasteiger partial charge in [-0.1, -0.05) is 29.8 Å². The Hall–Kier alpha value is -2.50. The van der Waals surface area contributed by atoms with E-state index in [4.69, 9.17) is 21.1 Å². The minimum atomic E-state index is -0.879. The van der Waals surface area contributed by atoms with E-state index in [2.05, 4.69) is 5.10 Å². The number of hydrogen-bond acceptors (Lipinski definition) is 4. The predicted octanol–water partition coefficient (Wildman–Crippen LogP) is 4.18. The van der Waals surface area contributed by atoms with Crippen LogP contribution in [0.15, 0.2) is 60.8 Å². The Kier molecular flexibility index (Phi) is 4.13. The molecule has 0 radical (unpaired) electrons. The summed E-state index contributed by atoms with van der Waals surface area (Å²) in [6.07, 6.45) is 0.308. The maximum atomic E-state index is 10.8. The number of ether oxygens (including phenoxy) is 2. The van der Waals surface area contributed by atoms with Crippen molar-refractivity contribution in [1.29, 1.82) is 0 Å². The molecule has 6 heteroatoms. The van der Waals surface area contributed by atoms with Gasteiger partial charge in [0.15, 0.2) is 6.10 Å². The fraction of sp³-hybridized carbons (Fsp3) is 0.250. The molecule has 26 heavy (non-hydrogen) atoms. The van der Waals surface area contributed by atoms with E-state index in [1.807, 2.05) is 50.4 Å². The first kappa shape index (κ1) is 16.9. The molecule has 1 aromatic heterocycles. The van der Waals surface area contributed by atoms with E-state index in [1.165, 1.54) is 0 Å².